The molecule has 7 aromatic rings. The van der Waals surface area contributed by atoms with Crippen LogP contribution in [0.25, 0.3) is 65.7 Å². The molecule has 1 heteroatoms. The first-order valence-electron chi connectivity index (χ1n) is 12.7. The summed E-state index contributed by atoms with van der Waals surface area (Å²) in [6.45, 7) is 0. The van der Waals surface area contributed by atoms with Crippen LogP contribution >= 0.6 is 11.8 Å². The molecule has 37 heavy (non-hydrogen) atoms. The Kier molecular flexibility index (Phi) is 4.55. The molecular formula is C36H22S. The Morgan fingerprint density at radius 3 is 1.84 bits per heavy atom. The van der Waals surface area contributed by atoms with Gasteiger partial charge >= 0.3 is 0 Å². The second-order valence-electron chi connectivity index (χ2n) is 9.70. The molecule has 1 aliphatic rings. The molecule has 0 saturated carbocycles. The van der Waals surface area contributed by atoms with Gasteiger partial charge in [0.15, 0.2) is 0 Å². The minimum atomic E-state index is 1.25. The van der Waals surface area contributed by atoms with Gasteiger partial charge in [-0.05, 0) is 72.4 Å². The molecule has 0 aliphatic carbocycles. The summed E-state index contributed by atoms with van der Waals surface area (Å²) >= 11 is 1.88. The lowest BCUT2D eigenvalue weighted by molar-refractivity contribution is 1.40. The molecule has 0 amide bonds. The maximum atomic E-state index is 2.30. The summed E-state index contributed by atoms with van der Waals surface area (Å²) in [4.78, 5) is 2.68. The van der Waals surface area contributed by atoms with Gasteiger partial charge in [-0.2, -0.15) is 0 Å². The topological polar surface area (TPSA) is 0 Å². The lowest BCUT2D eigenvalue weighted by Gasteiger charge is -2.21. The minimum Gasteiger partial charge on any atom is -0.0888 e. The third-order valence-corrected chi connectivity index (χ3v) is 8.83. The molecule has 0 saturated heterocycles. The third-order valence-electron chi connectivity index (χ3n) is 7.69. The van der Waals surface area contributed by atoms with E-state index >= 15 is 0 Å². The molecule has 0 N–H and O–H groups in total. The van der Waals surface area contributed by atoms with Crippen LogP contribution in [-0.4, -0.2) is 0 Å². The number of fused-ring (bicyclic) bond motifs is 5. The highest BCUT2D eigenvalue weighted by molar-refractivity contribution is 7.99. The molecule has 8 rings (SSSR count). The van der Waals surface area contributed by atoms with E-state index in [-0.39, 0.29) is 0 Å². The van der Waals surface area contributed by atoms with E-state index in [0.29, 0.717) is 0 Å². The van der Waals surface area contributed by atoms with Crippen molar-refractivity contribution in [2.45, 2.75) is 9.79 Å². The van der Waals surface area contributed by atoms with E-state index in [2.05, 4.69) is 133 Å². The van der Waals surface area contributed by atoms with Crippen molar-refractivity contribution < 1.29 is 0 Å². The zero-order valence-corrected chi connectivity index (χ0v) is 20.9. The van der Waals surface area contributed by atoms with Crippen molar-refractivity contribution in [3.05, 3.63) is 133 Å². The second kappa shape index (κ2) is 8.09. The van der Waals surface area contributed by atoms with Crippen molar-refractivity contribution in [3.8, 4) is 33.4 Å². The van der Waals surface area contributed by atoms with Crippen LogP contribution in [0.2, 0.25) is 0 Å². The summed E-state index contributed by atoms with van der Waals surface area (Å²) in [6.07, 6.45) is 0. The monoisotopic (exact) mass is 486 g/mol. The summed E-state index contributed by atoms with van der Waals surface area (Å²) in [5.74, 6) is 0. The van der Waals surface area contributed by atoms with Crippen LogP contribution in [0, 0.1) is 0 Å². The Morgan fingerprint density at radius 2 is 0.973 bits per heavy atom. The van der Waals surface area contributed by atoms with Crippen molar-refractivity contribution in [3.63, 3.8) is 0 Å². The molecule has 1 heterocycles. The predicted molar refractivity (Wildman–Crippen MR) is 159 cm³/mol. The quantitative estimate of drug-likeness (QED) is 0.219. The van der Waals surface area contributed by atoms with E-state index in [1.165, 1.54) is 75.5 Å². The molecule has 0 atom stereocenters. The smallest absolute Gasteiger partial charge is 0.0207 e. The van der Waals surface area contributed by atoms with Gasteiger partial charge in [0.1, 0.15) is 0 Å². The summed E-state index contributed by atoms with van der Waals surface area (Å²) in [7, 11) is 0. The zero-order chi connectivity index (χ0) is 24.3. The number of benzene rings is 7. The van der Waals surface area contributed by atoms with Crippen molar-refractivity contribution in [1.29, 1.82) is 0 Å². The van der Waals surface area contributed by atoms with Crippen LogP contribution < -0.4 is 0 Å². The van der Waals surface area contributed by atoms with Crippen molar-refractivity contribution in [1.82, 2.24) is 0 Å². The van der Waals surface area contributed by atoms with Gasteiger partial charge in [0, 0.05) is 15.2 Å². The first-order valence-corrected chi connectivity index (χ1v) is 13.5. The molecule has 0 spiro atoms. The number of hydrogen-bond donors (Lipinski definition) is 0. The fourth-order valence-corrected chi connectivity index (χ4v) is 7.08. The van der Waals surface area contributed by atoms with Gasteiger partial charge in [0.25, 0.3) is 0 Å². The SMILES string of the molecule is c1ccc2c(c1)Sc1ccc(-c3ccc(-c4cccc5c4ccc4ccccc45)cc3)c3cccc-2c13. The van der Waals surface area contributed by atoms with Gasteiger partial charge in [0.2, 0.25) is 0 Å². The molecule has 0 bridgehead atoms. The highest BCUT2D eigenvalue weighted by Gasteiger charge is 2.20. The molecule has 172 valence electrons. The first-order chi connectivity index (χ1) is 18.3. The van der Waals surface area contributed by atoms with Crippen molar-refractivity contribution >= 4 is 44.1 Å². The van der Waals surface area contributed by atoms with E-state index in [4.69, 9.17) is 0 Å². The summed E-state index contributed by atoms with van der Waals surface area (Å²) in [6, 6.07) is 49.0. The minimum absolute atomic E-state index is 1.25. The molecule has 1 aliphatic heterocycles. The Hall–Kier alpha value is -4.33. The molecule has 0 nitrogen and oxygen atoms in total. The van der Waals surface area contributed by atoms with Gasteiger partial charge in [0.05, 0.1) is 0 Å². The highest BCUT2D eigenvalue weighted by Crippen LogP contribution is 2.49. The Balaban J connectivity index is 1.26. The van der Waals surface area contributed by atoms with Gasteiger partial charge in [-0.25, -0.2) is 0 Å². The summed E-state index contributed by atoms with van der Waals surface area (Å²) in [5.41, 5.74) is 7.74. The van der Waals surface area contributed by atoms with E-state index < -0.39 is 0 Å². The molecule has 0 fully saturated rings. The van der Waals surface area contributed by atoms with E-state index in [0.717, 1.165) is 0 Å². The van der Waals surface area contributed by atoms with Crippen LogP contribution in [0.1, 0.15) is 0 Å². The first kappa shape index (κ1) is 20.8. The van der Waals surface area contributed by atoms with Crippen molar-refractivity contribution in [2.24, 2.45) is 0 Å². The third kappa shape index (κ3) is 3.18. The Labute approximate surface area is 220 Å². The lowest BCUT2D eigenvalue weighted by Crippen LogP contribution is -1.94. The average molecular weight is 487 g/mol. The van der Waals surface area contributed by atoms with Gasteiger partial charge in [-0.3, -0.25) is 0 Å². The number of hydrogen-bond acceptors (Lipinski definition) is 1. The van der Waals surface area contributed by atoms with Crippen molar-refractivity contribution in [2.75, 3.05) is 0 Å². The summed E-state index contributed by atoms with van der Waals surface area (Å²) < 4.78 is 0. The van der Waals surface area contributed by atoms with Gasteiger partial charge < -0.3 is 0 Å². The molecule has 0 aromatic heterocycles. The highest BCUT2D eigenvalue weighted by atomic mass is 32.2. The van der Waals surface area contributed by atoms with Crippen LogP contribution in [0.4, 0.5) is 0 Å². The predicted octanol–water partition coefficient (Wildman–Crippen LogP) is 10.6. The maximum Gasteiger partial charge on any atom is 0.0207 e. The van der Waals surface area contributed by atoms with Crippen LogP contribution in [-0.2, 0) is 0 Å². The van der Waals surface area contributed by atoms with Crippen LogP contribution in [0.5, 0.6) is 0 Å². The fourth-order valence-electron chi connectivity index (χ4n) is 5.95. The van der Waals surface area contributed by atoms with Gasteiger partial charge in [-0.15, -0.1) is 0 Å². The standard InChI is InChI=1S/C36H22S/c1-2-8-26-23(7-1)19-20-30-27(10-5-11-29(26)30)24-15-17-25(18-16-24)28-21-22-35-36-32(28)12-6-13-33(36)31-9-3-4-14-34(31)37-35/h1-22H. The normalized spacial score (nSPS) is 12.2. The van der Waals surface area contributed by atoms with E-state index in [1.807, 2.05) is 11.8 Å². The number of rotatable bonds is 2. The molecule has 7 aromatic carbocycles. The van der Waals surface area contributed by atoms with E-state index in [1.54, 1.807) is 0 Å². The summed E-state index contributed by atoms with van der Waals surface area (Å²) in [5, 5.41) is 7.88. The molecule has 0 radical (unpaired) electrons. The lowest BCUT2D eigenvalue weighted by atomic mass is 9.91. The average Bonchev–Trinajstić information content (AvgIpc) is 2.97. The van der Waals surface area contributed by atoms with Crippen LogP contribution in [0.15, 0.2) is 143 Å². The maximum absolute atomic E-state index is 2.30. The fraction of sp³-hybridized carbons (Fsp3) is 0. The van der Waals surface area contributed by atoms with Crippen LogP contribution in [0.3, 0.4) is 0 Å². The Bertz CT molecular complexity index is 2000. The molecule has 0 unspecified atom stereocenters. The largest absolute Gasteiger partial charge is 0.0888 e. The molecular weight excluding hydrogens is 464 g/mol. The Morgan fingerprint density at radius 1 is 0.324 bits per heavy atom. The second-order valence-corrected chi connectivity index (χ2v) is 10.8. The zero-order valence-electron chi connectivity index (χ0n) is 20.1. The van der Waals surface area contributed by atoms with E-state index in [9.17, 15) is 0 Å². The van der Waals surface area contributed by atoms with Gasteiger partial charge in [-0.1, -0.05) is 133 Å².